The fraction of sp³-hybridized carbons (Fsp3) is 0.429. The standard InChI is InChI=1S/C21H22Cl2N6O/c1-12(15-9-14(22)4-5-16(15)23)29-8-2-3-17-19(29)10-18(26-25-17)21-28-27-20(30-21)13-6-7-24-11-13/h4-5,9-10,12-13,24H,2-3,6-8,11H2,1H3/t12-,13?/m1/s1. The molecule has 30 heavy (non-hydrogen) atoms. The number of rotatable bonds is 4. The van der Waals surface area contributed by atoms with Crippen molar-refractivity contribution in [3.8, 4) is 11.6 Å². The molecule has 2 aromatic heterocycles. The summed E-state index contributed by atoms with van der Waals surface area (Å²) in [6.07, 6.45) is 2.89. The van der Waals surface area contributed by atoms with Crippen molar-refractivity contribution in [3.05, 3.63) is 51.5 Å². The monoisotopic (exact) mass is 444 g/mol. The van der Waals surface area contributed by atoms with Crippen LogP contribution in [0, 0.1) is 0 Å². The van der Waals surface area contributed by atoms with E-state index in [0.717, 1.165) is 55.8 Å². The van der Waals surface area contributed by atoms with E-state index in [1.54, 1.807) is 6.07 Å². The Morgan fingerprint density at radius 1 is 1.17 bits per heavy atom. The molecule has 1 unspecified atom stereocenters. The Morgan fingerprint density at radius 2 is 2.07 bits per heavy atom. The Labute approximate surface area is 184 Å². The first-order chi connectivity index (χ1) is 14.6. The molecule has 0 bridgehead atoms. The summed E-state index contributed by atoms with van der Waals surface area (Å²) < 4.78 is 5.94. The smallest absolute Gasteiger partial charge is 0.268 e. The van der Waals surface area contributed by atoms with Gasteiger partial charge in [0.15, 0.2) is 5.69 Å². The third-order valence-corrected chi connectivity index (χ3v) is 6.49. The van der Waals surface area contributed by atoms with Crippen molar-refractivity contribution in [2.45, 2.75) is 38.1 Å². The summed E-state index contributed by atoms with van der Waals surface area (Å²) in [7, 11) is 0. The number of hydrogen-bond acceptors (Lipinski definition) is 7. The number of fused-ring (bicyclic) bond motifs is 1. The summed E-state index contributed by atoms with van der Waals surface area (Å²) in [5.41, 5.74) is 3.57. The summed E-state index contributed by atoms with van der Waals surface area (Å²) in [4.78, 5) is 2.30. The summed E-state index contributed by atoms with van der Waals surface area (Å²) in [6.45, 7) is 4.86. The third-order valence-electron chi connectivity index (χ3n) is 5.91. The van der Waals surface area contributed by atoms with Gasteiger partial charge in [-0.1, -0.05) is 23.2 Å². The van der Waals surface area contributed by atoms with Crippen LogP contribution in [0.2, 0.25) is 10.0 Å². The van der Waals surface area contributed by atoms with E-state index in [1.165, 1.54) is 0 Å². The number of anilines is 1. The van der Waals surface area contributed by atoms with Crippen LogP contribution in [-0.4, -0.2) is 40.0 Å². The molecule has 0 spiro atoms. The predicted molar refractivity (Wildman–Crippen MR) is 116 cm³/mol. The fourth-order valence-corrected chi connectivity index (χ4v) is 4.71. The zero-order valence-electron chi connectivity index (χ0n) is 16.6. The molecule has 5 rings (SSSR count). The molecule has 4 heterocycles. The second-order valence-electron chi connectivity index (χ2n) is 7.84. The van der Waals surface area contributed by atoms with E-state index in [4.69, 9.17) is 27.6 Å². The first-order valence-corrected chi connectivity index (χ1v) is 11.0. The van der Waals surface area contributed by atoms with Crippen molar-refractivity contribution in [1.29, 1.82) is 0 Å². The maximum atomic E-state index is 6.48. The summed E-state index contributed by atoms with van der Waals surface area (Å²) in [5.74, 6) is 1.33. The maximum Gasteiger partial charge on any atom is 0.268 e. The predicted octanol–water partition coefficient (Wildman–Crippen LogP) is 4.42. The minimum absolute atomic E-state index is 0.0371. The molecule has 0 amide bonds. The number of aryl methyl sites for hydroxylation is 1. The number of hydrogen-bond donors (Lipinski definition) is 1. The Kier molecular flexibility index (Phi) is 5.35. The largest absolute Gasteiger partial charge is 0.419 e. The van der Waals surface area contributed by atoms with Crippen LogP contribution < -0.4 is 10.2 Å². The van der Waals surface area contributed by atoms with Crippen LogP contribution in [-0.2, 0) is 6.42 Å². The molecule has 3 aromatic rings. The molecule has 7 nitrogen and oxygen atoms in total. The Hall–Kier alpha value is -2.22. The topological polar surface area (TPSA) is 80.0 Å². The van der Waals surface area contributed by atoms with Gasteiger partial charge in [0.1, 0.15) is 0 Å². The minimum atomic E-state index is 0.0371. The normalized spacial score (nSPS) is 19.7. The van der Waals surface area contributed by atoms with Crippen molar-refractivity contribution in [3.63, 3.8) is 0 Å². The van der Waals surface area contributed by atoms with Crippen molar-refractivity contribution in [1.82, 2.24) is 25.7 Å². The van der Waals surface area contributed by atoms with E-state index in [0.29, 0.717) is 27.5 Å². The van der Waals surface area contributed by atoms with Gasteiger partial charge in [-0.05, 0) is 62.6 Å². The second-order valence-corrected chi connectivity index (χ2v) is 8.68. The van der Waals surface area contributed by atoms with Crippen LogP contribution in [0.4, 0.5) is 5.69 Å². The highest BCUT2D eigenvalue weighted by Crippen LogP contribution is 2.37. The van der Waals surface area contributed by atoms with Gasteiger partial charge < -0.3 is 14.6 Å². The molecule has 2 atom stereocenters. The molecular weight excluding hydrogens is 423 g/mol. The van der Waals surface area contributed by atoms with E-state index in [1.807, 2.05) is 18.2 Å². The lowest BCUT2D eigenvalue weighted by molar-refractivity contribution is 0.465. The number of halogens is 2. The van der Waals surface area contributed by atoms with Gasteiger partial charge in [0, 0.05) is 23.1 Å². The Morgan fingerprint density at radius 3 is 2.90 bits per heavy atom. The van der Waals surface area contributed by atoms with Crippen LogP contribution >= 0.6 is 23.2 Å². The second kappa shape index (κ2) is 8.13. The Bertz CT molecular complexity index is 1070. The van der Waals surface area contributed by atoms with Gasteiger partial charge in [-0.25, -0.2) is 0 Å². The molecule has 1 aromatic carbocycles. The molecule has 1 saturated heterocycles. The molecule has 0 saturated carbocycles. The minimum Gasteiger partial charge on any atom is -0.419 e. The first-order valence-electron chi connectivity index (χ1n) is 10.2. The van der Waals surface area contributed by atoms with E-state index < -0.39 is 0 Å². The van der Waals surface area contributed by atoms with E-state index in [9.17, 15) is 0 Å². The number of nitrogens with one attached hydrogen (secondary N) is 1. The van der Waals surface area contributed by atoms with Crippen LogP contribution in [0.5, 0.6) is 0 Å². The first kappa shape index (κ1) is 19.7. The lowest BCUT2D eigenvalue weighted by atomic mass is 10.0. The number of benzene rings is 1. The van der Waals surface area contributed by atoms with Crippen LogP contribution in [0.3, 0.4) is 0 Å². The molecule has 9 heteroatoms. The molecule has 0 radical (unpaired) electrons. The highest BCUT2D eigenvalue weighted by atomic mass is 35.5. The van der Waals surface area contributed by atoms with Crippen LogP contribution in [0.1, 0.15) is 48.9 Å². The average molecular weight is 445 g/mol. The van der Waals surface area contributed by atoms with Gasteiger partial charge in [-0.2, -0.15) is 5.10 Å². The highest BCUT2D eigenvalue weighted by Gasteiger charge is 2.28. The summed E-state index contributed by atoms with van der Waals surface area (Å²) >= 11 is 12.7. The van der Waals surface area contributed by atoms with E-state index >= 15 is 0 Å². The molecular formula is C21H22Cl2N6O. The van der Waals surface area contributed by atoms with Gasteiger partial charge in [-0.3, -0.25) is 0 Å². The molecule has 1 N–H and O–H groups in total. The molecule has 0 aliphatic carbocycles. The summed E-state index contributed by atoms with van der Waals surface area (Å²) in [5, 5.41) is 22.0. The van der Waals surface area contributed by atoms with Gasteiger partial charge >= 0.3 is 0 Å². The Balaban J connectivity index is 1.48. The van der Waals surface area contributed by atoms with Gasteiger partial charge in [0.25, 0.3) is 5.89 Å². The zero-order valence-corrected chi connectivity index (χ0v) is 18.1. The number of aromatic nitrogens is 4. The maximum absolute atomic E-state index is 6.48. The van der Waals surface area contributed by atoms with Gasteiger partial charge in [0.05, 0.1) is 23.3 Å². The van der Waals surface area contributed by atoms with Gasteiger partial charge in [0.2, 0.25) is 5.89 Å². The quantitative estimate of drug-likeness (QED) is 0.637. The molecule has 2 aliphatic rings. The lowest BCUT2D eigenvalue weighted by Gasteiger charge is -2.36. The molecule has 156 valence electrons. The van der Waals surface area contributed by atoms with Crippen molar-refractivity contribution < 1.29 is 4.42 Å². The highest BCUT2D eigenvalue weighted by molar-refractivity contribution is 6.33. The van der Waals surface area contributed by atoms with Crippen LogP contribution in [0.25, 0.3) is 11.6 Å². The van der Waals surface area contributed by atoms with Crippen molar-refractivity contribution in [2.24, 2.45) is 0 Å². The third kappa shape index (κ3) is 3.66. The zero-order chi connectivity index (χ0) is 20.7. The molecule has 2 aliphatic heterocycles. The van der Waals surface area contributed by atoms with Crippen molar-refractivity contribution >= 4 is 28.9 Å². The molecule has 1 fully saturated rings. The fourth-order valence-electron chi connectivity index (χ4n) is 4.25. The van der Waals surface area contributed by atoms with Crippen LogP contribution in [0.15, 0.2) is 28.7 Å². The van der Waals surface area contributed by atoms with E-state index in [2.05, 4.69) is 37.5 Å². The summed E-state index contributed by atoms with van der Waals surface area (Å²) in [6, 6.07) is 7.61. The SMILES string of the molecule is C[C@H](c1cc(Cl)ccc1Cl)N1CCCc2nnc(-c3nnc(C4CCNC4)o3)cc21. The average Bonchev–Trinajstić information content (AvgIpc) is 3.46. The van der Waals surface area contributed by atoms with E-state index in [-0.39, 0.29) is 12.0 Å². The van der Waals surface area contributed by atoms with Crippen molar-refractivity contribution in [2.75, 3.05) is 24.5 Å². The van der Waals surface area contributed by atoms with Gasteiger partial charge in [-0.15, -0.1) is 15.3 Å². The number of nitrogens with zero attached hydrogens (tertiary/aromatic N) is 5. The lowest BCUT2D eigenvalue weighted by Crippen LogP contribution is -2.33.